The predicted octanol–water partition coefficient (Wildman–Crippen LogP) is 4.76. The number of phenols is 1. The Labute approximate surface area is 217 Å². The SMILES string of the molecule is CC(C)C(NC(=O)C(Cc1ccc(O)cc1)NC(=O)OC(C)(C)C)C(=O)Nc1cccc2ccccc12. The van der Waals surface area contributed by atoms with Crippen LogP contribution in [0.5, 0.6) is 5.75 Å². The topological polar surface area (TPSA) is 117 Å². The maximum atomic E-state index is 13.4. The van der Waals surface area contributed by atoms with Crippen molar-refractivity contribution < 1.29 is 24.2 Å². The fraction of sp³-hybridized carbons (Fsp3) is 0.345. The molecule has 0 fully saturated rings. The lowest BCUT2D eigenvalue weighted by Crippen LogP contribution is -2.55. The number of fused-ring (bicyclic) bond motifs is 1. The normalized spacial score (nSPS) is 13.0. The molecule has 8 nitrogen and oxygen atoms in total. The number of anilines is 1. The molecule has 8 heteroatoms. The van der Waals surface area contributed by atoms with E-state index in [1.807, 2.05) is 56.3 Å². The van der Waals surface area contributed by atoms with Crippen LogP contribution in [0.1, 0.15) is 40.2 Å². The van der Waals surface area contributed by atoms with Crippen LogP contribution in [0.25, 0.3) is 10.8 Å². The van der Waals surface area contributed by atoms with E-state index in [0.717, 1.165) is 16.3 Å². The molecule has 3 amide bonds. The van der Waals surface area contributed by atoms with Gasteiger partial charge >= 0.3 is 6.09 Å². The first-order chi connectivity index (χ1) is 17.4. The van der Waals surface area contributed by atoms with Crippen molar-refractivity contribution in [2.45, 2.75) is 58.7 Å². The third kappa shape index (κ3) is 7.96. The molecule has 4 N–H and O–H groups in total. The van der Waals surface area contributed by atoms with Crippen LogP contribution in [0.3, 0.4) is 0 Å². The van der Waals surface area contributed by atoms with Crippen molar-refractivity contribution >= 4 is 34.4 Å². The van der Waals surface area contributed by atoms with Crippen LogP contribution in [0, 0.1) is 5.92 Å². The number of alkyl carbamates (subject to hydrolysis) is 1. The highest BCUT2D eigenvalue weighted by atomic mass is 16.6. The largest absolute Gasteiger partial charge is 0.508 e. The molecule has 3 aromatic rings. The summed E-state index contributed by atoms with van der Waals surface area (Å²) >= 11 is 0. The van der Waals surface area contributed by atoms with Gasteiger partial charge in [-0.1, -0.05) is 62.4 Å². The summed E-state index contributed by atoms with van der Waals surface area (Å²) in [5.74, 6) is -1.02. The van der Waals surface area contributed by atoms with E-state index in [1.54, 1.807) is 32.9 Å². The van der Waals surface area contributed by atoms with Crippen molar-refractivity contribution in [1.29, 1.82) is 0 Å². The van der Waals surface area contributed by atoms with Gasteiger partial charge in [0, 0.05) is 17.5 Å². The second-order valence-corrected chi connectivity index (χ2v) is 10.3. The molecule has 0 aromatic heterocycles. The minimum Gasteiger partial charge on any atom is -0.508 e. The molecule has 2 unspecified atom stereocenters. The zero-order chi connectivity index (χ0) is 27.2. The second-order valence-electron chi connectivity index (χ2n) is 10.3. The number of phenolic OH excluding ortho intramolecular Hbond substituents is 1. The van der Waals surface area contributed by atoms with Crippen molar-refractivity contribution in [3.05, 3.63) is 72.3 Å². The molecule has 2 atom stereocenters. The summed E-state index contributed by atoms with van der Waals surface area (Å²) in [4.78, 5) is 39.2. The van der Waals surface area contributed by atoms with Crippen LogP contribution < -0.4 is 16.0 Å². The van der Waals surface area contributed by atoms with Crippen molar-refractivity contribution in [2.24, 2.45) is 5.92 Å². The fourth-order valence-corrected chi connectivity index (χ4v) is 3.86. The summed E-state index contributed by atoms with van der Waals surface area (Å²) in [6.45, 7) is 8.87. The van der Waals surface area contributed by atoms with E-state index in [9.17, 15) is 19.5 Å². The lowest BCUT2D eigenvalue weighted by molar-refractivity contribution is -0.128. The summed E-state index contributed by atoms with van der Waals surface area (Å²) in [6.07, 6.45) is -0.603. The number of hydrogen-bond donors (Lipinski definition) is 4. The molecule has 0 bridgehead atoms. The van der Waals surface area contributed by atoms with Gasteiger partial charge in [0.1, 0.15) is 23.4 Å². The molecule has 0 aliphatic carbocycles. The fourth-order valence-electron chi connectivity index (χ4n) is 3.86. The highest BCUT2D eigenvalue weighted by molar-refractivity contribution is 6.05. The zero-order valence-electron chi connectivity index (χ0n) is 21.9. The van der Waals surface area contributed by atoms with Gasteiger partial charge in [0.25, 0.3) is 0 Å². The lowest BCUT2D eigenvalue weighted by atomic mass is 10.0. The van der Waals surface area contributed by atoms with Gasteiger partial charge in [-0.15, -0.1) is 0 Å². The van der Waals surface area contributed by atoms with Gasteiger partial charge in [-0.05, 0) is 55.8 Å². The van der Waals surface area contributed by atoms with E-state index in [-0.39, 0.29) is 24.0 Å². The Bertz CT molecular complexity index is 1240. The number of rotatable bonds is 8. The number of nitrogens with one attached hydrogen (secondary N) is 3. The molecule has 3 aromatic carbocycles. The van der Waals surface area contributed by atoms with Gasteiger partial charge in [0.15, 0.2) is 0 Å². The van der Waals surface area contributed by atoms with Crippen molar-refractivity contribution in [2.75, 3.05) is 5.32 Å². The third-order valence-electron chi connectivity index (χ3n) is 5.68. The summed E-state index contributed by atoms with van der Waals surface area (Å²) in [7, 11) is 0. The molecule has 0 aliphatic rings. The van der Waals surface area contributed by atoms with Crippen LogP contribution in [0.4, 0.5) is 10.5 Å². The quantitative estimate of drug-likeness (QED) is 0.352. The Balaban J connectivity index is 1.79. The standard InChI is InChI=1S/C29H35N3O5/c1-18(2)25(27(35)30-23-12-8-10-20-9-6-7-11-22(20)23)32-26(34)24(31-28(36)37-29(3,4)5)17-19-13-15-21(33)16-14-19/h6-16,18,24-25,33H,17H2,1-5H3,(H,30,35)(H,31,36)(H,32,34). The Morgan fingerprint density at radius 3 is 2.16 bits per heavy atom. The molecule has 37 heavy (non-hydrogen) atoms. The first kappa shape index (κ1) is 27.5. The average Bonchev–Trinajstić information content (AvgIpc) is 2.82. The van der Waals surface area contributed by atoms with Crippen molar-refractivity contribution in [3.63, 3.8) is 0 Å². The summed E-state index contributed by atoms with van der Waals surface area (Å²) in [5, 5.41) is 19.9. The molecule has 0 saturated heterocycles. The van der Waals surface area contributed by atoms with Crippen LogP contribution in [-0.2, 0) is 20.7 Å². The van der Waals surface area contributed by atoms with E-state index < -0.39 is 29.7 Å². The van der Waals surface area contributed by atoms with E-state index in [4.69, 9.17) is 4.74 Å². The predicted molar refractivity (Wildman–Crippen MR) is 144 cm³/mol. The molecule has 0 aliphatic heterocycles. The molecule has 0 spiro atoms. The molecular weight excluding hydrogens is 470 g/mol. The smallest absolute Gasteiger partial charge is 0.408 e. The minimum atomic E-state index is -1.01. The van der Waals surface area contributed by atoms with Crippen LogP contribution in [0.15, 0.2) is 66.7 Å². The number of hydrogen-bond acceptors (Lipinski definition) is 5. The Morgan fingerprint density at radius 2 is 1.51 bits per heavy atom. The van der Waals surface area contributed by atoms with E-state index in [1.165, 1.54) is 12.1 Å². The van der Waals surface area contributed by atoms with Gasteiger partial charge in [-0.2, -0.15) is 0 Å². The first-order valence-electron chi connectivity index (χ1n) is 12.3. The number of amides is 3. The van der Waals surface area contributed by atoms with E-state index in [2.05, 4.69) is 16.0 Å². The minimum absolute atomic E-state index is 0.0924. The molecule has 0 heterocycles. The van der Waals surface area contributed by atoms with Gasteiger partial charge in [-0.25, -0.2) is 4.79 Å². The van der Waals surface area contributed by atoms with E-state index in [0.29, 0.717) is 5.69 Å². The molecular formula is C29H35N3O5. The monoisotopic (exact) mass is 505 g/mol. The van der Waals surface area contributed by atoms with Crippen LogP contribution in [0.2, 0.25) is 0 Å². The molecule has 3 rings (SSSR count). The highest BCUT2D eigenvalue weighted by Gasteiger charge is 2.30. The summed E-state index contributed by atoms with van der Waals surface area (Å²) < 4.78 is 5.35. The molecule has 0 saturated carbocycles. The van der Waals surface area contributed by atoms with Gasteiger partial charge in [0.2, 0.25) is 11.8 Å². The van der Waals surface area contributed by atoms with Gasteiger partial charge in [-0.3, -0.25) is 9.59 Å². The third-order valence-corrected chi connectivity index (χ3v) is 5.68. The molecule has 196 valence electrons. The number of carbonyl (C=O) groups is 3. The summed E-state index contributed by atoms with van der Waals surface area (Å²) in [5.41, 5.74) is 0.619. The number of ether oxygens (including phenoxy) is 1. The first-order valence-corrected chi connectivity index (χ1v) is 12.3. The van der Waals surface area contributed by atoms with Gasteiger partial charge in [0.05, 0.1) is 0 Å². The van der Waals surface area contributed by atoms with Gasteiger partial charge < -0.3 is 25.8 Å². The lowest BCUT2D eigenvalue weighted by Gasteiger charge is -2.27. The highest BCUT2D eigenvalue weighted by Crippen LogP contribution is 2.23. The average molecular weight is 506 g/mol. The number of aromatic hydroxyl groups is 1. The summed E-state index contributed by atoms with van der Waals surface area (Å²) in [6, 6.07) is 17.8. The Morgan fingerprint density at radius 1 is 0.865 bits per heavy atom. The zero-order valence-corrected chi connectivity index (χ0v) is 21.9. The maximum absolute atomic E-state index is 13.4. The van der Waals surface area contributed by atoms with Crippen LogP contribution >= 0.6 is 0 Å². The Hall–Kier alpha value is -4.07. The van der Waals surface area contributed by atoms with Crippen molar-refractivity contribution in [1.82, 2.24) is 10.6 Å². The number of benzene rings is 3. The van der Waals surface area contributed by atoms with Crippen molar-refractivity contribution in [3.8, 4) is 5.75 Å². The molecule has 0 radical (unpaired) electrons. The number of carbonyl (C=O) groups excluding carboxylic acids is 3. The maximum Gasteiger partial charge on any atom is 0.408 e. The van der Waals surface area contributed by atoms with E-state index >= 15 is 0 Å². The second kappa shape index (κ2) is 11.8. The van der Waals surface area contributed by atoms with Crippen LogP contribution in [-0.4, -0.2) is 40.7 Å². The Kier molecular flexibility index (Phi) is 8.76.